The highest BCUT2D eigenvalue weighted by atomic mass is 35.5. The quantitative estimate of drug-likeness (QED) is 0.867. The van der Waals surface area contributed by atoms with Crippen molar-refractivity contribution < 1.29 is 4.79 Å². The van der Waals surface area contributed by atoms with Crippen molar-refractivity contribution >= 4 is 17.5 Å². The average molecular weight is 253 g/mol. The van der Waals surface area contributed by atoms with Gasteiger partial charge < -0.3 is 10.6 Å². The van der Waals surface area contributed by atoms with Crippen molar-refractivity contribution in [1.29, 1.82) is 0 Å². The Morgan fingerprint density at radius 1 is 1.53 bits per heavy atom. The third-order valence-corrected chi connectivity index (χ3v) is 3.45. The van der Waals surface area contributed by atoms with Gasteiger partial charge in [-0.2, -0.15) is 0 Å². The zero-order valence-corrected chi connectivity index (χ0v) is 10.6. The summed E-state index contributed by atoms with van der Waals surface area (Å²) in [5.41, 5.74) is 0.959. The summed E-state index contributed by atoms with van der Waals surface area (Å²) in [6.07, 6.45) is 1.99. The topological polar surface area (TPSA) is 41.1 Å². The van der Waals surface area contributed by atoms with E-state index in [4.69, 9.17) is 11.6 Å². The highest BCUT2D eigenvalue weighted by Crippen LogP contribution is 2.22. The molecule has 0 bridgehead atoms. The van der Waals surface area contributed by atoms with Gasteiger partial charge >= 0.3 is 0 Å². The van der Waals surface area contributed by atoms with Gasteiger partial charge in [0.1, 0.15) is 0 Å². The summed E-state index contributed by atoms with van der Waals surface area (Å²) in [6.45, 7) is 2.88. The Kier molecular flexibility index (Phi) is 4.02. The Bertz CT molecular complexity index is 402. The first-order valence-electron chi connectivity index (χ1n) is 5.96. The number of hydrogen-bond donors (Lipinski definition) is 2. The monoisotopic (exact) mass is 252 g/mol. The lowest BCUT2D eigenvalue weighted by Crippen LogP contribution is -2.41. The molecule has 17 heavy (non-hydrogen) atoms. The van der Waals surface area contributed by atoms with E-state index in [2.05, 4.69) is 10.6 Å². The van der Waals surface area contributed by atoms with Gasteiger partial charge in [-0.3, -0.25) is 4.79 Å². The SMILES string of the molecule is C[C@H](NC(=O)[C@H]1CCCN1)c1ccccc1Cl. The largest absolute Gasteiger partial charge is 0.348 e. The third kappa shape index (κ3) is 2.99. The van der Waals surface area contributed by atoms with E-state index in [-0.39, 0.29) is 18.0 Å². The highest BCUT2D eigenvalue weighted by Gasteiger charge is 2.23. The fourth-order valence-corrected chi connectivity index (χ4v) is 2.43. The van der Waals surface area contributed by atoms with Crippen LogP contribution in [0.25, 0.3) is 0 Å². The van der Waals surface area contributed by atoms with E-state index in [0.29, 0.717) is 5.02 Å². The maximum absolute atomic E-state index is 11.9. The van der Waals surface area contributed by atoms with Crippen LogP contribution in [0.5, 0.6) is 0 Å². The van der Waals surface area contributed by atoms with Gasteiger partial charge in [0, 0.05) is 5.02 Å². The Balaban J connectivity index is 1.99. The second kappa shape index (κ2) is 5.52. The molecule has 1 heterocycles. The van der Waals surface area contributed by atoms with Crippen LogP contribution >= 0.6 is 11.6 Å². The Morgan fingerprint density at radius 2 is 2.29 bits per heavy atom. The van der Waals surface area contributed by atoms with Crippen LogP contribution in [-0.4, -0.2) is 18.5 Å². The van der Waals surface area contributed by atoms with E-state index in [1.807, 2.05) is 31.2 Å². The minimum atomic E-state index is -0.0569. The zero-order valence-electron chi connectivity index (χ0n) is 9.87. The molecule has 0 spiro atoms. The number of amides is 1. The average Bonchev–Trinajstić information content (AvgIpc) is 2.82. The van der Waals surface area contributed by atoms with E-state index in [1.54, 1.807) is 0 Å². The predicted molar refractivity (Wildman–Crippen MR) is 69.0 cm³/mol. The van der Waals surface area contributed by atoms with Gasteiger partial charge in [0.2, 0.25) is 5.91 Å². The zero-order chi connectivity index (χ0) is 12.3. The molecule has 1 aromatic rings. The van der Waals surface area contributed by atoms with Gasteiger partial charge in [-0.15, -0.1) is 0 Å². The minimum Gasteiger partial charge on any atom is -0.348 e. The van der Waals surface area contributed by atoms with Crippen LogP contribution in [0.2, 0.25) is 5.02 Å². The van der Waals surface area contributed by atoms with Crippen LogP contribution in [-0.2, 0) is 4.79 Å². The van der Waals surface area contributed by atoms with Gasteiger partial charge in [0.15, 0.2) is 0 Å². The first-order chi connectivity index (χ1) is 8.18. The summed E-state index contributed by atoms with van der Waals surface area (Å²) >= 11 is 6.10. The second-order valence-electron chi connectivity index (χ2n) is 4.40. The molecule has 1 aliphatic rings. The Morgan fingerprint density at radius 3 is 2.94 bits per heavy atom. The van der Waals surface area contributed by atoms with E-state index < -0.39 is 0 Å². The van der Waals surface area contributed by atoms with Crippen LogP contribution in [0, 0.1) is 0 Å². The van der Waals surface area contributed by atoms with Crippen LogP contribution in [0.1, 0.15) is 31.4 Å². The normalized spacial score (nSPS) is 21.2. The first-order valence-corrected chi connectivity index (χ1v) is 6.34. The van der Waals surface area contributed by atoms with Gasteiger partial charge in [0.05, 0.1) is 12.1 Å². The summed E-state index contributed by atoms with van der Waals surface area (Å²) in [6, 6.07) is 7.50. The molecule has 0 radical (unpaired) electrons. The summed E-state index contributed by atoms with van der Waals surface area (Å²) in [7, 11) is 0. The summed E-state index contributed by atoms with van der Waals surface area (Å²) in [4.78, 5) is 11.9. The fraction of sp³-hybridized carbons (Fsp3) is 0.462. The van der Waals surface area contributed by atoms with Crippen molar-refractivity contribution in [2.24, 2.45) is 0 Å². The second-order valence-corrected chi connectivity index (χ2v) is 4.81. The molecule has 2 atom stereocenters. The van der Waals surface area contributed by atoms with E-state index in [9.17, 15) is 4.79 Å². The number of carbonyl (C=O) groups is 1. The van der Waals surface area contributed by atoms with Crippen LogP contribution < -0.4 is 10.6 Å². The highest BCUT2D eigenvalue weighted by molar-refractivity contribution is 6.31. The third-order valence-electron chi connectivity index (χ3n) is 3.11. The molecule has 1 aromatic carbocycles. The molecule has 92 valence electrons. The molecule has 4 heteroatoms. The van der Waals surface area contributed by atoms with Crippen molar-refractivity contribution in [3.63, 3.8) is 0 Å². The molecule has 1 fully saturated rings. The van der Waals surface area contributed by atoms with Crippen LogP contribution in [0.3, 0.4) is 0 Å². The van der Waals surface area contributed by atoms with Crippen molar-refractivity contribution in [1.82, 2.24) is 10.6 Å². The summed E-state index contributed by atoms with van der Waals surface area (Å²) in [5.74, 6) is 0.0647. The van der Waals surface area contributed by atoms with Crippen molar-refractivity contribution in [3.8, 4) is 0 Å². The number of carbonyl (C=O) groups excluding carboxylic acids is 1. The van der Waals surface area contributed by atoms with E-state index >= 15 is 0 Å². The number of benzene rings is 1. The lowest BCUT2D eigenvalue weighted by Gasteiger charge is -2.18. The van der Waals surface area contributed by atoms with Gasteiger partial charge in [-0.1, -0.05) is 29.8 Å². The number of rotatable bonds is 3. The Hall–Kier alpha value is -1.06. The lowest BCUT2D eigenvalue weighted by atomic mass is 10.1. The van der Waals surface area contributed by atoms with Crippen LogP contribution in [0.15, 0.2) is 24.3 Å². The number of halogens is 1. The molecular weight excluding hydrogens is 236 g/mol. The van der Waals surface area contributed by atoms with Crippen LogP contribution in [0.4, 0.5) is 0 Å². The first kappa shape index (κ1) is 12.4. The number of hydrogen-bond acceptors (Lipinski definition) is 2. The molecule has 0 aromatic heterocycles. The van der Waals surface area contributed by atoms with E-state index in [1.165, 1.54) is 0 Å². The molecular formula is C13H17ClN2O. The molecule has 0 saturated carbocycles. The molecule has 1 amide bonds. The van der Waals surface area contributed by atoms with Crippen molar-refractivity contribution in [2.45, 2.75) is 31.8 Å². The molecule has 0 aliphatic carbocycles. The van der Waals surface area contributed by atoms with Gasteiger partial charge in [0.25, 0.3) is 0 Å². The van der Waals surface area contributed by atoms with Gasteiger partial charge in [-0.25, -0.2) is 0 Å². The summed E-state index contributed by atoms with van der Waals surface area (Å²) in [5, 5.41) is 6.87. The maximum atomic E-state index is 11.9. The van der Waals surface area contributed by atoms with Crippen molar-refractivity contribution in [2.75, 3.05) is 6.54 Å². The molecule has 1 saturated heterocycles. The standard InChI is InChI=1S/C13H17ClN2O/c1-9(10-5-2-3-6-11(10)14)16-13(17)12-7-4-8-15-12/h2-3,5-6,9,12,15H,4,7-8H2,1H3,(H,16,17)/t9-,12+/m0/s1. The lowest BCUT2D eigenvalue weighted by molar-refractivity contribution is -0.123. The minimum absolute atomic E-state index is 0.0417. The molecule has 2 N–H and O–H groups in total. The molecule has 1 aliphatic heterocycles. The molecule has 2 rings (SSSR count). The maximum Gasteiger partial charge on any atom is 0.237 e. The van der Waals surface area contributed by atoms with E-state index in [0.717, 1.165) is 24.9 Å². The van der Waals surface area contributed by atoms with Gasteiger partial charge in [-0.05, 0) is 37.9 Å². The summed E-state index contributed by atoms with van der Waals surface area (Å²) < 4.78 is 0. The predicted octanol–water partition coefficient (Wildman–Crippen LogP) is 2.27. The molecule has 0 unspecified atom stereocenters. The fourth-order valence-electron chi connectivity index (χ4n) is 2.13. The Labute approximate surface area is 107 Å². The smallest absolute Gasteiger partial charge is 0.237 e. The van der Waals surface area contributed by atoms with Crippen molar-refractivity contribution in [3.05, 3.63) is 34.9 Å². The molecule has 3 nitrogen and oxygen atoms in total. The number of nitrogens with one attached hydrogen (secondary N) is 2.